The highest BCUT2D eigenvalue weighted by atomic mass is 32.2. The Morgan fingerprint density at radius 3 is 2.81 bits per heavy atom. The fourth-order valence-electron chi connectivity index (χ4n) is 1.85. The molecule has 0 aliphatic carbocycles. The van der Waals surface area contributed by atoms with Gasteiger partial charge in [-0.2, -0.15) is 0 Å². The molecule has 0 bridgehead atoms. The molecule has 0 saturated carbocycles. The van der Waals surface area contributed by atoms with Gasteiger partial charge in [0.2, 0.25) is 0 Å². The standard InChI is InChI=1S/C13H12N2S/c1-2-7-13-11(5-1)9-15(16-13)10-12-6-3-4-8-14-12/h1-8H,9-10H2. The predicted octanol–water partition coefficient (Wildman–Crippen LogP) is 3.10. The second-order valence-corrected chi connectivity index (χ2v) is 4.96. The Morgan fingerprint density at radius 2 is 2.00 bits per heavy atom. The first-order chi connectivity index (χ1) is 7.92. The zero-order chi connectivity index (χ0) is 10.8. The molecule has 1 aromatic carbocycles. The summed E-state index contributed by atoms with van der Waals surface area (Å²) in [4.78, 5) is 5.72. The van der Waals surface area contributed by atoms with Crippen LogP contribution in [0.3, 0.4) is 0 Å². The summed E-state index contributed by atoms with van der Waals surface area (Å²) in [5, 5.41) is 0. The number of nitrogens with zero attached hydrogens (tertiary/aromatic N) is 2. The van der Waals surface area contributed by atoms with Crippen molar-refractivity contribution in [2.75, 3.05) is 0 Å². The van der Waals surface area contributed by atoms with Crippen molar-refractivity contribution >= 4 is 11.9 Å². The number of pyridine rings is 1. The minimum atomic E-state index is 0.903. The van der Waals surface area contributed by atoms with E-state index in [4.69, 9.17) is 0 Å². The zero-order valence-corrected chi connectivity index (χ0v) is 9.65. The molecule has 2 nitrogen and oxygen atoms in total. The largest absolute Gasteiger partial charge is 0.260 e. The van der Waals surface area contributed by atoms with E-state index in [1.807, 2.05) is 30.3 Å². The molecule has 0 radical (unpaired) electrons. The molecule has 3 heteroatoms. The summed E-state index contributed by atoms with van der Waals surface area (Å²) in [7, 11) is 0. The van der Waals surface area contributed by atoms with E-state index in [1.54, 1.807) is 0 Å². The van der Waals surface area contributed by atoms with Crippen LogP contribution in [0.15, 0.2) is 53.6 Å². The number of fused-ring (bicyclic) bond motifs is 1. The van der Waals surface area contributed by atoms with Gasteiger partial charge in [-0.25, -0.2) is 4.31 Å². The summed E-state index contributed by atoms with van der Waals surface area (Å²) in [6.07, 6.45) is 1.85. The Kier molecular flexibility index (Phi) is 2.64. The third kappa shape index (κ3) is 1.96. The van der Waals surface area contributed by atoms with Crippen LogP contribution in [-0.4, -0.2) is 9.29 Å². The van der Waals surface area contributed by atoms with Crippen molar-refractivity contribution in [1.29, 1.82) is 0 Å². The average Bonchev–Trinajstić information content (AvgIpc) is 2.72. The Bertz CT molecular complexity index is 459. The Hall–Kier alpha value is -1.32. The molecule has 2 aromatic rings. The number of rotatable bonds is 2. The normalized spacial score (nSPS) is 15.0. The van der Waals surface area contributed by atoms with Gasteiger partial charge in [-0.05, 0) is 35.7 Å². The van der Waals surface area contributed by atoms with E-state index in [0.717, 1.165) is 18.8 Å². The van der Waals surface area contributed by atoms with Crippen LogP contribution in [0.1, 0.15) is 11.3 Å². The molecule has 1 aliphatic rings. The average molecular weight is 228 g/mol. The van der Waals surface area contributed by atoms with Crippen LogP contribution in [0.4, 0.5) is 0 Å². The van der Waals surface area contributed by atoms with E-state index in [0.29, 0.717) is 0 Å². The monoisotopic (exact) mass is 228 g/mol. The minimum absolute atomic E-state index is 0.903. The van der Waals surface area contributed by atoms with Crippen LogP contribution in [0.5, 0.6) is 0 Å². The van der Waals surface area contributed by atoms with Gasteiger partial charge < -0.3 is 0 Å². The van der Waals surface area contributed by atoms with Gasteiger partial charge in [0.1, 0.15) is 0 Å². The quantitative estimate of drug-likeness (QED) is 0.735. The van der Waals surface area contributed by atoms with Gasteiger partial charge in [0.05, 0.1) is 12.2 Å². The molecular weight excluding hydrogens is 216 g/mol. The summed E-state index contributed by atoms with van der Waals surface area (Å²) in [5.74, 6) is 0. The summed E-state index contributed by atoms with van der Waals surface area (Å²) in [5.41, 5.74) is 2.55. The molecule has 3 rings (SSSR count). The molecule has 0 atom stereocenters. The summed E-state index contributed by atoms with van der Waals surface area (Å²) < 4.78 is 2.34. The lowest BCUT2D eigenvalue weighted by Crippen LogP contribution is -2.10. The number of benzene rings is 1. The number of aromatic nitrogens is 1. The number of hydrogen-bond acceptors (Lipinski definition) is 3. The molecular formula is C13H12N2S. The van der Waals surface area contributed by atoms with E-state index in [9.17, 15) is 0 Å². The Balaban J connectivity index is 1.73. The molecule has 16 heavy (non-hydrogen) atoms. The van der Waals surface area contributed by atoms with Gasteiger partial charge in [0, 0.05) is 17.6 Å². The van der Waals surface area contributed by atoms with E-state index >= 15 is 0 Å². The molecule has 0 unspecified atom stereocenters. The van der Waals surface area contributed by atoms with Gasteiger partial charge in [-0.1, -0.05) is 24.3 Å². The van der Waals surface area contributed by atoms with Gasteiger partial charge in [0.25, 0.3) is 0 Å². The van der Waals surface area contributed by atoms with Crippen LogP contribution in [0, 0.1) is 0 Å². The minimum Gasteiger partial charge on any atom is -0.260 e. The highest BCUT2D eigenvalue weighted by Gasteiger charge is 2.19. The van der Waals surface area contributed by atoms with Gasteiger partial charge >= 0.3 is 0 Å². The highest BCUT2D eigenvalue weighted by Crippen LogP contribution is 2.36. The lowest BCUT2D eigenvalue weighted by molar-refractivity contribution is 0.468. The molecule has 80 valence electrons. The van der Waals surface area contributed by atoms with Crippen molar-refractivity contribution < 1.29 is 0 Å². The SMILES string of the molecule is c1ccc(CN2Cc3ccccc3S2)nc1. The van der Waals surface area contributed by atoms with Crippen molar-refractivity contribution in [2.45, 2.75) is 18.0 Å². The summed E-state index contributed by atoms with van der Waals surface area (Å²) >= 11 is 1.82. The molecule has 0 spiro atoms. The van der Waals surface area contributed by atoms with Gasteiger partial charge in [-0.3, -0.25) is 4.98 Å². The predicted molar refractivity (Wildman–Crippen MR) is 65.8 cm³/mol. The van der Waals surface area contributed by atoms with Crippen LogP contribution in [0.25, 0.3) is 0 Å². The maximum atomic E-state index is 4.35. The van der Waals surface area contributed by atoms with Gasteiger partial charge in [-0.15, -0.1) is 0 Å². The molecule has 0 amide bonds. The van der Waals surface area contributed by atoms with Crippen molar-refractivity contribution in [3.63, 3.8) is 0 Å². The molecule has 0 fully saturated rings. The maximum absolute atomic E-state index is 4.35. The first-order valence-corrected chi connectivity index (χ1v) is 6.10. The lowest BCUT2D eigenvalue weighted by atomic mass is 10.2. The van der Waals surface area contributed by atoms with E-state index in [2.05, 4.69) is 39.6 Å². The summed E-state index contributed by atoms with van der Waals surface area (Å²) in [6, 6.07) is 14.6. The van der Waals surface area contributed by atoms with Gasteiger partial charge in [0.15, 0.2) is 0 Å². The second-order valence-electron chi connectivity index (χ2n) is 3.82. The van der Waals surface area contributed by atoms with E-state index in [1.165, 1.54) is 10.5 Å². The fourth-order valence-corrected chi connectivity index (χ4v) is 2.91. The van der Waals surface area contributed by atoms with E-state index in [-0.39, 0.29) is 0 Å². The third-order valence-corrected chi connectivity index (χ3v) is 3.72. The van der Waals surface area contributed by atoms with E-state index < -0.39 is 0 Å². The first kappa shape index (κ1) is 9.87. The smallest absolute Gasteiger partial charge is 0.0553 e. The summed E-state index contributed by atoms with van der Waals surface area (Å²) in [6.45, 7) is 1.91. The molecule has 1 aromatic heterocycles. The third-order valence-electron chi connectivity index (χ3n) is 2.61. The molecule has 0 N–H and O–H groups in total. The van der Waals surface area contributed by atoms with Crippen LogP contribution >= 0.6 is 11.9 Å². The van der Waals surface area contributed by atoms with Crippen molar-refractivity contribution in [2.24, 2.45) is 0 Å². The van der Waals surface area contributed by atoms with Crippen LogP contribution in [-0.2, 0) is 13.1 Å². The maximum Gasteiger partial charge on any atom is 0.0553 e. The molecule has 2 heterocycles. The number of hydrogen-bond donors (Lipinski definition) is 0. The molecule has 0 saturated heterocycles. The zero-order valence-electron chi connectivity index (χ0n) is 8.84. The Morgan fingerprint density at radius 1 is 1.12 bits per heavy atom. The first-order valence-electron chi connectivity index (χ1n) is 5.32. The van der Waals surface area contributed by atoms with Crippen LogP contribution < -0.4 is 0 Å². The topological polar surface area (TPSA) is 16.1 Å². The second kappa shape index (κ2) is 4.28. The van der Waals surface area contributed by atoms with Crippen molar-refractivity contribution in [3.05, 3.63) is 59.9 Å². The highest BCUT2D eigenvalue weighted by molar-refractivity contribution is 7.97. The van der Waals surface area contributed by atoms with Crippen LogP contribution in [0.2, 0.25) is 0 Å². The molecule has 1 aliphatic heterocycles. The lowest BCUT2D eigenvalue weighted by Gasteiger charge is -2.11. The van der Waals surface area contributed by atoms with Crippen molar-refractivity contribution in [1.82, 2.24) is 9.29 Å². The van der Waals surface area contributed by atoms with Crippen molar-refractivity contribution in [3.8, 4) is 0 Å². The fraction of sp³-hybridized carbons (Fsp3) is 0.154. The Labute approximate surface area is 99.5 Å².